The SMILES string of the molecule is NC(=O)c1cccc2c1c1cccc(Cl)c1n2Cc1cccc(C(F)(F)F)c1F. The van der Waals surface area contributed by atoms with E-state index in [9.17, 15) is 22.4 Å². The number of para-hydroxylation sites is 1. The van der Waals surface area contributed by atoms with Gasteiger partial charge in [0.2, 0.25) is 5.91 Å². The molecule has 0 bridgehead atoms. The number of fused-ring (bicyclic) bond motifs is 3. The number of carbonyl (C=O) groups excluding carboxylic acids is 1. The summed E-state index contributed by atoms with van der Waals surface area (Å²) in [4.78, 5) is 11.9. The van der Waals surface area contributed by atoms with Crippen LogP contribution in [0, 0.1) is 5.82 Å². The van der Waals surface area contributed by atoms with Crippen molar-refractivity contribution in [1.29, 1.82) is 0 Å². The monoisotopic (exact) mass is 420 g/mol. The highest BCUT2D eigenvalue weighted by atomic mass is 35.5. The molecular weight excluding hydrogens is 408 g/mol. The number of hydrogen-bond acceptors (Lipinski definition) is 1. The van der Waals surface area contributed by atoms with Crippen LogP contribution in [-0.4, -0.2) is 10.5 Å². The summed E-state index contributed by atoms with van der Waals surface area (Å²) in [5.74, 6) is -1.99. The van der Waals surface area contributed by atoms with Crippen molar-refractivity contribution in [1.82, 2.24) is 4.57 Å². The summed E-state index contributed by atoms with van der Waals surface area (Å²) in [5, 5.41) is 1.45. The molecule has 1 aromatic heterocycles. The molecule has 29 heavy (non-hydrogen) atoms. The third-order valence-corrected chi connectivity index (χ3v) is 5.14. The van der Waals surface area contributed by atoms with Crippen molar-refractivity contribution in [2.45, 2.75) is 12.7 Å². The Balaban J connectivity index is 2.03. The maximum Gasteiger partial charge on any atom is 0.419 e. The van der Waals surface area contributed by atoms with E-state index in [2.05, 4.69) is 0 Å². The van der Waals surface area contributed by atoms with Crippen LogP contribution in [0.1, 0.15) is 21.5 Å². The molecular formula is C21H13ClF4N2O. The first kappa shape index (κ1) is 19.3. The van der Waals surface area contributed by atoms with Crippen molar-refractivity contribution in [3.8, 4) is 0 Å². The van der Waals surface area contributed by atoms with E-state index < -0.39 is 23.5 Å². The van der Waals surface area contributed by atoms with Crippen LogP contribution in [0.3, 0.4) is 0 Å². The number of nitrogens with zero attached hydrogens (tertiary/aromatic N) is 1. The molecule has 8 heteroatoms. The largest absolute Gasteiger partial charge is 0.419 e. The first-order valence-corrected chi connectivity index (χ1v) is 8.91. The predicted octanol–water partition coefficient (Wildman–Crippen LogP) is 5.75. The first-order chi connectivity index (χ1) is 13.7. The molecule has 0 radical (unpaired) electrons. The minimum atomic E-state index is -4.81. The Morgan fingerprint density at radius 2 is 1.72 bits per heavy atom. The lowest BCUT2D eigenvalue weighted by Gasteiger charge is -2.13. The van der Waals surface area contributed by atoms with Crippen molar-refractivity contribution < 1.29 is 22.4 Å². The smallest absolute Gasteiger partial charge is 0.366 e. The Morgan fingerprint density at radius 3 is 2.41 bits per heavy atom. The number of benzene rings is 3. The minimum absolute atomic E-state index is 0.150. The molecule has 0 aliphatic rings. The molecule has 1 amide bonds. The van der Waals surface area contributed by atoms with E-state index in [1.165, 1.54) is 6.07 Å². The summed E-state index contributed by atoms with van der Waals surface area (Å²) in [6, 6.07) is 13.0. The van der Waals surface area contributed by atoms with Crippen LogP contribution in [0.5, 0.6) is 0 Å². The summed E-state index contributed by atoms with van der Waals surface area (Å²) < 4.78 is 55.5. The highest BCUT2D eigenvalue weighted by Crippen LogP contribution is 2.37. The fourth-order valence-electron chi connectivity index (χ4n) is 3.62. The maximum absolute atomic E-state index is 14.6. The number of rotatable bonds is 3. The summed E-state index contributed by atoms with van der Waals surface area (Å²) >= 11 is 6.36. The van der Waals surface area contributed by atoms with Gasteiger partial charge in [-0.3, -0.25) is 4.79 Å². The third kappa shape index (κ3) is 3.11. The molecule has 148 valence electrons. The fraction of sp³-hybridized carbons (Fsp3) is 0.0952. The van der Waals surface area contributed by atoms with Gasteiger partial charge in [-0.25, -0.2) is 4.39 Å². The van der Waals surface area contributed by atoms with Gasteiger partial charge in [-0.15, -0.1) is 0 Å². The second-order valence-electron chi connectivity index (χ2n) is 6.56. The van der Waals surface area contributed by atoms with Crippen molar-refractivity contribution >= 4 is 39.3 Å². The molecule has 0 saturated heterocycles. The van der Waals surface area contributed by atoms with Gasteiger partial charge in [0.1, 0.15) is 5.82 Å². The highest BCUT2D eigenvalue weighted by Gasteiger charge is 2.35. The Morgan fingerprint density at radius 1 is 1.03 bits per heavy atom. The lowest BCUT2D eigenvalue weighted by Crippen LogP contribution is -2.12. The molecule has 4 aromatic rings. The van der Waals surface area contributed by atoms with E-state index >= 15 is 0 Å². The summed E-state index contributed by atoms with van der Waals surface area (Å²) in [7, 11) is 0. The van der Waals surface area contributed by atoms with Crippen LogP contribution in [0.15, 0.2) is 54.6 Å². The summed E-state index contributed by atoms with van der Waals surface area (Å²) in [6.45, 7) is -0.207. The number of amides is 1. The molecule has 4 rings (SSSR count). The van der Waals surface area contributed by atoms with Crippen molar-refractivity contribution in [3.05, 3.63) is 82.1 Å². The second-order valence-corrected chi connectivity index (χ2v) is 6.97. The summed E-state index contributed by atoms with van der Waals surface area (Å²) in [6.07, 6.45) is -4.81. The number of aromatic nitrogens is 1. The van der Waals surface area contributed by atoms with Gasteiger partial charge >= 0.3 is 6.18 Å². The number of hydrogen-bond donors (Lipinski definition) is 1. The van der Waals surface area contributed by atoms with Gasteiger partial charge in [-0.1, -0.05) is 41.9 Å². The van der Waals surface area contributed by atoms with Crippen LogP contribution < -0.4 is 5.73 Å². The van der Waals surface area contributed by atoms with Crippen LogP contribution in [0.2, 0.25) is 5.02 Å². The number of carbonyl (C=O) groups is 1. The fourth-order valence-corrected chi connectivity index (χ4v) is 3.90. The number of nitrogens with two attached hydrogens (primary N) is 1. The topological polar surface area (TPSA) is 48.0 Å². The normalized spacial score (nSPS) is 12.0. The molecule has 0 aliphatic carbocycles. The lowest BCUT2D eigenvalue weighted by molar-refractivity contribution is -0.140. The van der Waals surface area contributed by atoms with Gasteiger partial charge < -0.3 is 10.3 Å². The maximum atomic E-state index is 14.6. The zero-order valence-corrected chi connectivity index (χ0v) is 15.5. The highest BCUT2D eigenvalue weighted by molar-refractivity contribution is 6.37. The van der Waals surface area contributed by atoms with E-state index in [-0.39, 0.29) is 17.7 Å². The predicted molar refractivity (Wildman–Crippen MR) is 103 cm³/mol. The zero-order valence-electron chi connectivity index (χ0n) is 14.7. The van der Waals surface area contributed by atoms with Crippen molar-refractivity contribution in [2.75, 3.05) is 0 Å². The van der Waals surface area contributed by atoms with Gasteiger partial charge in [0, 0.05) is 21.9 Å². The molecule has 3 aromatic carbocycles. The quantitative estimate of drug-likeness (QED) is 0.421. The van der Waals surface area contributed by atoms with Gasteiger partial charge in [-0.05, 0) is 24.3 Å². The van der Waals surface area contributed by atoms with E-state index in [0.29, 0.717) is 32.9 Å². The third-order valence-electron chi connectivity index (χ3n) is 4.84. The standard InChI is InChI=1S/C21H13ClF4N2O/c22-15-8-2-5-12-17-13(20(27)29)6-3-9-16(17)28(19(12)15)10-11-4-1-7-14(18(11)23)21(24,25)26/h1-9H,10H2,(H2,27,29). The average Bonchev–Trinajstić information content (AvgIpc) is 2.97. The van der Waals surface area contributed by atoms with E-state index in [4.69, 9.17) is 17.3 Å². The Bertz CT molecular complexity index is 1280. The molecule has 0 unspecified atom stereocenters. The first-order valence-electron chi connectivity index (χ1n) is 8.54. The molecule has 0 saturated carbocycles. The van der Waals surface area contributed by atoms with Crippen LogP contribution in [0.25, 0.3) is 21.8 Å². The number of alkyl halides is 3. The Kier molecular flexibility index (Phi) is 4.50. The van der Waals surface area contributed by atoms with Crippen LogP contribution in [-0.2, 0) is 12.7 Å². The molecule has 1 heterocycles. The average molecular weight is 421 g/mol. The van der Waals surface area contributed by atoms with E-state index in [1.54, 1.807) is 41.0 Å². The van der Waals surface area contributed by atoms with Gasteiger partial charge in [0.25, 0.3) is 0 Å². The molecule has 0 spiro atoms. The van der Waals surface area contributed by atoms with E-state index in [0.717, 1.165) is 6.07 Å². The van der Waals surface area contributed by atoms with Crippen LogP contribution >= 0.6 is 11.6 Å². The molecule has 2 N–H and O–H groups in total. The minimum Gasteiger partial charge on any atom is -0.366 e. The number of halogens is 5. The molecule has 0 atom stereocenters. The van der Waals surface area contributed by atoms with Gasteiger partial charge in [0.05, 0.1) is 28.2 Å². The molecule has 3 nitrogen and oxygen atoms in total. The Hall–Kier alpha value is -3.06. The molecule has 0 fully saturated rings. The second kappa shape index (κ2) is 6.77. The molecule has 0 aliphatic heterocycles. The van der Waals surface area contributed by atoms with Gasteiger partial charge in [-0.2, -0.15) is 13.2 Å². The van der Waals surface area contributed by atoms with E-state index in [1.807, 2.05) is 0 Å². The Labute approximate surface area is 167 Å². The zero-order chi connectivity index (χ0) is 20.9. The van der Waals surface area contributed by atoms with Gasteiger partial charge in [0.15, 0.2) is 0 Å². The van der Waals surface area contributed by atoms with Crippen LogP contribution in [0.4, 0.5) is 17.6 Å². The summed E-state index contributed by atoms with van der Waals surface area (Å²) in [5.41, 5.74) is 5.26. The lowest BCUT2D eigenvalue weighted by atomic mass is 10.1. The van der Waals surface area contributed by atoms with Crippen molar-refractivity contribution in [3.63, 3.8) is 0 Å². The van der Waals surface area contributed by atoms with Crippen molar-refractivity contribution in [2.24, 2.45) is 5.73 Å². The number of primary amides is 1.